The van der Waals surface area contributed by atoms with Gasteiger partial charge in [0.2, 0.25) is 5.95 Å². The number of carbonyl (C=O) groups excluding carboxylic acids is 1. The summed E-state index contributed by atoms with van der Waals surface area (Å²) in [5.74, 6) is 2.04. The Balaban J connectivity index is 1.73. The first-order valence-corrected chi connectivity index (χ1v) is 7.94. The van der Waals surface area contributed by atoms with Gasteiger partial charge in [-0.05, 0) is 49.9 Å². The molecule has 2 aromatic rings. The molecule has 1 aromatic carbocycles. The van der Waals surface area contributed by atoms with Gasteiger partial charge >= 0.3 is 0 Å². The SMILES string of the molecule is CC(=O)c1ccc(Nc2cnnc(N3CCCC(C)C3)n2)cc1. The molecule has 23 heavy (non-hydrogen) atoms. The van der Waals surface area contributed by atoms with Gasteiger partial charge in [-0.25, -0.2) is 0 Å². The topological polar surface area (TPSA) is 71.0 Å². The van der Waals surface area contributed by atoms with Gasteiger partial charge in [-0.2, -0.15) is 10.1 Å². The Morgan fingerprint density at radius 2 is 2.09 bits per heavy atom. The second kappa shape index (κ2) is 6.73. The van der Waals surface area contributed by atoms with Crippen molar-refractivity contribution in [3.63, 3.8) is 0 Å². The van der Waals surface area contributed by atoms with Crippen LogP contribution in [-0.2, 0) is 0 Å². The minimum atomic E-state index is 0.0572. The molecule has 1 fully saturated rings. The quantitative estimate of drug-likeness (QED) is 0.875. The van der Waals surface area contributed by atoms with E-state index in [1.807, 2.05) is 12.1 Å². The van der Waals surface area contributed by atoms with Crippen molar-refractivity contribution in [2.75, 3.05) is 23.3 Å². The molecule has 1 saturated heterocycles. The highest BCUT2D eigenvalue weighted by atomic mass is 16.1. The summed E-state index contributed by atoms with van der Waals surface area (Å²) in [6, 6.07) is 7.32. The number of ketones is 1. The van der Waals surface area contributed by atoms with Crippen LogP contribution in [-0.4, -0.2) is 34.1 Å². The minimum absolute atomic E-state index is 0.0572. The van der Waals surface area contributed by atoms with Gasteiger partial charge in [-0.1, -0.05) is 6.92 Å². The van der Waals surface area contributed by atoms with E-state index in [1.54, 1.807) is 25.3 Å². The molecule has 1 aliphatic heterocycles. The van der Waals surface area contributed by atoms with Gasteiger partial charge in [0, 0.05) is 24.3 Å². The van der Waals surface area contributed by atoms with Gasteiger partial charge in [0.25, 0.3) is 0 Å². The van der Waals surface area contributed by atoms with Crippen LogP contribution in [0.25, 0.3) is 0 Å². The molecule has 1 unspecified atom stereocenters. The molecule has 0 spiro atoms. The highest BCUT2D eigenvalue weighted by Crippen LogP contribution is 2.21. The highest BCUT2D eigenvalue weighted by molar-refractivity contribution is 5.94. The smallest absolute Gasteiger partial charge is 0.247 e. The van der Waals surface area contributed by atoms with Crippen molar-refractivity contribution < 1.29 is 4.79 Å². The summed E-state index contributed by atoms with van der Waals surface area (Å²) < 4.78 is 0. The first-order chi connectivity index (χ1) is 11.1. The van der Waals surface area contributed by atoms with Gasteiger partial charge in [-0.3, -0.25) is 4.79 Å². The van der Waals surface area contributed by atoms with E-state index in [1.165, 1.54) is 6.42 Å². The summed E-state index contributed by atoms with van der Waals surface area (Å²) in [5, 5.41) is 11.4. The zero-order valence-electron chi connectivity index (χ0n) is 13.5. The van der Waals surface area contributed by atoms with E-state index < -0.39 is 0 Å². The zero-order chi connectivity index (χ0) is 16.2. The highest BCUT2D eigenvalue weighted by Gasteiger charge is 2.19. The summed E-state index contributed by atoms with van der Waals surface area (Å²) in [6.45, 7) is 5.75. The lowest BCUT2D eigenvalue weighted by molar-refractivity contribution is 0.101. The van der Waals surface area contributed by atoms with E-state index in [0.29, 0.717) is 23.2 Å². The molecule has 0 radical (unpaired) electrons. The van der Waals surface area contributed by atoms with E-state index in [9.17, 15) is 4.79 Å². The first-order valence-electron chi connectivity index (χ1n) is 7.94. The maximum atomic E-state index is 11.3. The number of nitrogens with one attached hydrogen (secondary N) is 1. The summed E-state index contributed by atoms with van der Waals surface area (Å²) in [5.41, 5.74) is 1.56. The van der Waals surface area contributed by atoms with Crippen LogP contribution in [0.5, 0.6) is 0 Å². The van der Waals surface area contributed by atoms with Crippen LogP contribution in [0.2, 0.25) is 0 Å². The van der Waals surface area contributed by atoms with Gasteiger partial charge in [0.05, 0.1) is 6.20 Å². The van der Waals surface area contributed by atoms with Crippen molar-refractivity contribution in [1.82, 2.24) is 15.2 Å². The van der Waals surface area contributed by atoms with Crippen molar-refractivity contribution in [1.29, 1.82) is 0 Å². The standard InChI is InChI=1S/C17H21N5O/c1-12-4-3-9-22(11-12)17-20-16(10-18-21-17)19-15-7-5-14(6-8-15)13(2)23/h5-8,10,12H,3-4,9,11H2,1-2H3,(H,19,20,21). The third kappa shape index (κ3) is 3.83. The molecule has 1 N–H and O–H groups in total. The lowest BCUT2D eigenvalue weighted by Crippen LogP contribution is -2.35. The summed E-state index contributed by atoms with van der Waals surface area (Å²) in [6.07, 6.45) is 4.02. The number of rotatable bonds is 4. The lowest BCUT2D eigenvalue weighted by atomic mass is 10.0. The number of hydrogen-bond acceptors (Lipinski definition) is 6. The normalized spacial score (nSPS) is 17.8. The largest absolute Gasteiger partial charge is 0.339 e. The first kappa shape index (κ1) is 15.4. The Morgan fingerprint density at radius 3 is 2.78 bits per heavy atom. The molecule has 1 atom stereocenters. The molecular formula is C17H21N5O. The molecule has 120 valence electrons. The summed E-state index contributed by atoms with van der Waals surface area (Å²) in [7, 11) is 0. The van der Waals surface area contributed by atoms with Crippen LogP contribution >= 0.6 is 0 Å². The second-order valence-corrected chi connectivity index (χ2v) is 6.09. The van der Waals surface area contributed by atoms with E-state index in [4.69, 9.17) is 0 Å². The van der Waals surface area contributed by atoms with Gasteiger partial charge < -0.3 is 10.2 Å². The number of nitrogens with zero attached hydrogens (tertiary/aromatic N) is 4. The molecule has 6 nitrogen and oxygen atoms in total. The Bertz CT molecular complexity index is 686. The van der Waals surface area contributed by atoms with E-state index >= 15 is 0 Å². The molecule has 2 heterocycles. The van der Waals surface area contributed by atoms with E-state index in [0.717, 1.165) is 25.2 Å². The lowest BCUT2D eigenvalue weighted by Gasteiger charge is -2.30. The van der Waals surface area contributed by atoms with Crippen molar-refractivity contribution in [2.45, 2.75) is 26.7 Å². The molecule has 1 aromatic heterocycles. The third-order valence-electron chi connectivity index (χ3n) is 4.05. The predicted molar refractivity (Wildman–Crippen MR) is 90.2 cm³/mol. The van der Waals surface area contributed by atoms with E-state index in [-0.39, 0.29) is 5.78 Å². The van der Waals surface area contributed by atoms with Crippen molar-refractivity contribution in [3.05, 3.63) is 36.0 Å². The summed E-state index contributed by atoms with van der Waals surface area (Å²) >= 11 is 0. The van der Waals surface area contributed by atoms with Crippen LogP contribution in [0.1, 0.15) is 37.0 Å². The van der Waals surface area contributed by atoms with Gasteiger partial charge in [0.15, 0.2) is 11.6 Å². The Morgan fingerprint density at radius 1 is 1.30 bits per heavy atom. The number of Topliss-reactive ketones (excluding diaryl/α,β-unsaturated/α-hetero) is 1. The van der Waals surface area contributed by atoms with Crippen LogP contribution in [0.4, 0.5) is 17.5 Å². The summed E-state index contributed by atoms with van der Waals surface area (Å²) in [4.78, 5) is 18.0. The second-order valence-electron chi connectivity index (χ2n) is 6.09. The number of hydrogen-bond donors (Lipinski definition) is 1. The van der Waals surface area contributed by atoms with Crippen molar-refractivity contribution in [3.8, 4) is 0 Å². The average molecular weight is 311 g/mol. The predicted octanol–water partition coefficient (Wildman–Crippen LogP) is 3.05. The number of piperidine rings is 1. The van der Waals surface area contributed by atoms with Crippen molar-refractivity contribution >= 4 is 23.2 Å². The third-order valence-corrected chi connectivity index (χ3v) is 4.05. The fraction of sp³-hybridized carbons (Fsp3) is 0.412. The fourth-order valence-electron chi connectivity index (χ4n) is 2.80. The van der Waals surface area contributed by atoms with Crippen molar-refractivity contribution in [2.24, 2.45) is 5.92 Å². The number of carbonyl (C=O) groups is 1. The molecule has 0 aliphatic carbocycles. The number of benzene rings is 1. The molecule has 0 amide bonds. The molecular weight excluding hydrogens is 290 g/mol. The monoisotopic (exact) mass is 311 g/mol. The molecule has 0 bridgehead atoms. The van der Waals surface area contributed by atoms with Crippen LogP contribution in [0.3, 0.4) is 0 Å². The number of aromatic nitrogens is 3. The molecule has 0 saturated carbocycles. The van der Waals surface area contributed by atoms with Gasteiger partial charge in [-0.15, -0.1) is 5.10 Å². The minimum Gasteiger partial charge on any atom is -0.339 e. The zero-order valence-corrected chi connectivity index (χ0v) is 13.5. The Hall–Kier alpha value is -2.50. The molecule has 6 heteroatoms. The Labute approximate surface area is 136 Å². The van der Waals surface area contributed by atoms with Crippen LogP contribution in [0, 0.1) is 5.92 Å². The Kier molecular flexibility index (Phi) is 4.50. The fourth-order valence-corrected chi connectivity index (χ4v) is 2.80. The average Bonchev–Trinajstić information content (AvgIpc) is 2.56. The van der Waals surface area contributed by atoms with E-state index in [2.05, 4.69) is 32.3 Å². The van der Waals surface area contributed by atoms with Crippen LogP contribution in [0.15, 0.2) is 30.5 Å². The van der Waals surface area contributed by atoms with Crippen LogP contribution < -0.4 is 10.2 Å². The maximum absolute atomic E-state index is 11.3. The molecule has 1 aliphatic rings. The maximum Gasteiger partial charge on any atom is 0.247 e. The number of anilines is 3. The molecule has 3 rings (SSSR count). The van der Waals surface area contributed by atoms with Gasteiger partial charge in [0.1, 0.15) is 0 Å².